The topological polar surface area (TPSA) is 29.3 Å². The molecule has 0 aromatic carbocycles. The quantitative estimate of drug-likeness (QED) is 0.403. The summed E-state index contributed by atoms with van der Waals surface area (Å²) < 4.78 is 39.0. The molecule has 1 saturated heterocycles. The minimum absolute atomic E-state index is 0. The van der Waals surface area contributed by atoms with Crippen molar-refractivity contribution >= 4 is 7.25 Å². The second kappa shape index (κ2) is 15.3. The Morgan fingerprint density at radius 1 is 1.00 bits per heavy atom. The molecule has 0 saturated carbocycles. The summed E-state index contributed by atoms with van der Waals surface area (Å²) in [5.41, 5.74) is 5.56. The van der Waals surface area contributed by atoms with E-state index in [4.69, 9.17) is 5.73 Å². The third kappa shape index (κ3) is 18.0. The molecule has 1 aliphatic carbocycles. The molecule has 1 heterocycles. The summed E-state index contributed by atoms with van der Waals surface area (Å²) in [4.78, 5) is 2.46. The predicted octanol–water partition coefficient (Wildman–Crippen LogP) is 4.40. The molecule has 0 amide bonds. The summed E-state index contributed by atoms with van der Waals surface area (Å²) >= 11 is 0. The fraction of sp³-hybridized carbons (Fsp3) is 0.733. The van der Waals surface area contributed by atoms with Gasteiger partial charge in [0.05, 0.1) is 0 Å². The summed E-state index contributed by atoms with van der Waals surface area (Å²) in [5.74, 6) is 0. The molecule has 1 aliphatic heterocycles. The molecule has 23 heavy (non-hydrogen) atoms. The van der Waals surface area contributed by atoms with Crippen LogP contribution in [0.5, 0.6) is 0 Å². The van der Waals surface area contributed by atoms with Crippen LogP contribution in [0.25, 0.3) is 0 Å². The van der Waals surface area contributed by atoms with Gasteiger partial charge in [-0.1, -0.05) is 31.2 Å². The van der Waals surface area contributed by atoms with E-state index in [0.717, 1.165) is 6.54 Å². The minimum Gasteiger partial charge on any atom is -0.418 e. The first-order valence-corrected chi connectivity index (χ1v) is 8.00. The first-order chi connectivity index (χ1) is 10.4. The van der Waals surface area contributed by atoms with Crippen LogP contribution in [0.3, 0.4) is 0 Å². The number of hydrogen-bond acceptors (Lipinski definition) is 2. The Morgan fingerprint density at radius 2 is 1.39 bits per heavy atom. The molecule has 1 radical (unpaired) electrons. The Kier molecular flexibility index (Phi) is 16.7. The maximum Gasteiger partial charge on any atom is 0.673 e. The molecule has 0 aromatic rings. The zero-order valence-corrected chi connectivity index (χ0v) is 15.3. The fourth-order valence-corrected chi connectivity index (χ4v) is 2.43. The van der Waals surface area contributed by atoms with Crippen molar-refractivity contribution in [3.8, 4) is 0 Å². The van der Waals surface area contributed by atoms with Gasteiger partial charge < -0.3 is 23.0 Å². The number of halogens is 4. The number of nitrogens with zero attached hydrogens (tertiary/aromatic N) is 1. The van der Waals surface area contributed by atoms with Crippen LogP contribution in [-0.2, 0) is 19.5 Å². The molecule has 8 heteroatoms. The van der Waals surface area contributed by atoms with Crippen molar-refractivity contribution in [3.05, 3.63) is 24.3 Å². The molecule has 0 aromatic heterocycles. The van der Waals surface area contributed by atoms with Crippen LogP contribution in [0.2, 0.25) is 0 Å². The second-order valence-corrected chi connectivity index (χ2v) is 5.25. The Morgan fingerprint density at radius 3 is 1.65 bits per heavy atom. The number of allylic oxidation sites excluding steroid dienone is 4. The summed E-state index contributed by atoms with van der Waals surface area (Å²) in [6.45, 7) is 5.47. The van der Waals surface area contributed by atoms with Gasteiger partial charge >= 0.3 is 7.25 Å². The molecule has 2 nitrogen and oxygen atoms in total. The predicted molar refractivity (Wildman–Crippen MR) is 86.3 cm³/mol. The van der Waals surface area contributed by atoms with E-state index in [1.165, 1.54) is 51.6 Å². The average molecular weight is 426 g/mol. The Balaban J connectivity index is 0. The minimum atomic E-state index is -6.00. The zero-order chi connectivity index (χ0) is 16.8. The van der Waals surface area contributed by atoms with E-state index in [1.807, 2.05) is 0 Å². The smallest absolute Gasteiger partial charge is 0.418 e. The van der Waals surface area contributed by atoms with Crippen molar-refractivity contribution < 1.29 is 36.7 Å². The maximum absolute atomic E-state index is 9.75. The van der Waals surface area contributed by atoms with Gasteiger partial charge in [-0.15, -0.1) is 0 Å². The normalized spacial score (nSPS) is 23.8. The van der Waals surface area contributed by atoms with Crippen molar-refractivity contribution in [2.45, 2.75) is 51.5 Å². The zero-order valence-electron chi connectivity index (χ0n) is 13.7. The van der Waals surface area contributed by atoms with Crippen molar-refractivity contribution in [1.29, 1.82) is 0 Å². The van der Waals surface area contributed by atoms with Crippen LogP contribution in [0, 0.1) is 0 Å². The van der Waals surface area contributed by atoms with E-state index in [1.54, 1.807) is 0 Å². The number of likely N-dealkylation sites (N-methyl/N-ethyl adjacent to an activating group) is 1. The molecule has 1 atom stereocenters. The first-order valence-electron chi connectivity index (χ1n) is 8.00. The van der Waals surface area contributed by atoms with Gasteiger partial charge in [0.2, 0.25) is 0 Å². The summed E-state index contributed by atoms with van der Waals surface area (Å²) in [6.07, 6.45) is 16.7. The Bertz CT molecular complexity index is 283. The van der Waals surface area contributed by atoms with Crippen molar-refractivity contribution in [2.24, 2.45) is 5.73 Å². The van der Waals surface area contributed by atoms with Crippen molar-refractivity contribution in [2.75, 3.05) is 19.6 Å². The van der Waals surface area contributed by atoms with E-state index in [9.17, 15) is 17.3 Å². The standard InChI is InChI=1S/C8H12.C7H16N2.BF4.Rh/c1-2-4-6-8-7-5-3-1;1-2-9-5-3-4-7(9)6-8;2-1(3,4)5;/h1-2,7-8H,3-6H2;7H,2-6,8H2,1H3;;/q;;-1;/b2-1-,8-7-;;;/t;7-;;/m.0../s1. The Hall–Kier alpha value is -0.192. The maximum atomic E-state index is 9.75. The van der Waals surface area contributed by atoms with Crippen molar-refractivity contribution in [1.82, 2.24) is 4.90 Å². The molecule has 1 fully saturated rings. The molecule has 0 bridgehead atoms. The number of hydrogen-bond donors (Lipinski definition) is 1. The average Bonchev–Trinajstić information content (AvgIpc) is 2.84. The molecular formula is C15H28BF4N2Rh-. The summed E-state index contributed by atoms with van der Waals surface area (Å²) in [5, 5.41) is 0. The van der Waals surface area contributed by atoms with Crippen LogP contribution in [-0.4, -0.2) is 37.8 Å². The first kappa shape index (κ1) is 25.1. The van der Waals surface area contributed by atoms with Crippen LogP contribution >= 0.6 is 0 Å². The van der Waals surface area contributed by atoms with Crippen LogP contribution in [0.4, 0.5) is 17.3 Å². The van der Waals surface area contributed by atoms with Gasteiger partial charge in [-0.25, -0.2) is 0 Å². The SMILES string of the molecule is C1=C\CC/C=C\CC/1.CCN1CCC[C@H]1CN.F[B-](F)(F)F.[Rh]. The van der Waals surface area contributed by atoms with Gasteiger partial charge in [-0.05, 0) is 51.6 Å². The molecule has 2 aliphatic rings. The molecular weight excluding hydrogens is 398 g/mol. The van der Waals surface area contributed by atoms with Crippen LogP contribution in [0.15, 0.2) is 24.3 Å². The van der Waals surface area contributed by atoms with Gasteiger partial charge in [0, 0.05) is 32.1 Å². The third-order valence-corrected chi connectivity index (χ3v) is 3.51. The van der Waals surface area contributed by atoms with Gasteiger partial charge in [0.25, 0.3) is 0 Å². The largest absolute Gasteiger partial charge is 0.673 e. The van der Waals surface area contributed by atoms with Crippen LogP contribution in [0.1, 0.15) is 45.4 Å². The number of rotatable bonds is 2. The van der Waals surface area contributed by atoms with Gasteiger partial charge in [0.15, 0.2) is 0 Å². The molecule has 0 spiro atoms. The molecule has 0 unspecified atom stereocenters. The number of likely N-dealkylation sites (tertiary alicyclic amines) is 1. The van der Waals surface area contributed by atoms with Gasteiger partial charge in [-0.3, -0.25) is 4.90 Å². The van der Waals surface area contributed by atoms with E-state index < -0.39 is 7.25 Å². The van der Waals surface area contributed by atoms with Gasteiger partial charge in [0.1, 0.15) is 0 Å². The van der Waals surface area contributed by atoms with E-state index in [0.29, 0.717) is 6.04 Å². The summed E-state index contributed by atoms with van der Waals surface area (Å²) in [7, 11) is -6.00. The molecule has 2 N–H and O–H groups in total. The Labute approximate surface area is 150 Å². The van der Waals surface area contributed by atoms with Crippen LogP contribution < -0.4 is 5.73 Å². The molecule has 2 rings (SSSR count). The van der Waals surface area contributed by atoms with Crippen molar-refractivity contribution in [3.63, 3.8) is 0 Å². The monoisotopic (exact) mass is 426 g/mol. The van der Waals surface area contributed by atoms with E-state index >= 15 is 0 Å². The second-order valence-electron chi connectivity index (χ2n) is 5.25. The van der Waals surface area contributed by atoms with E-state index in [2.05, 4.69) is 36.1 Å². The summed E-state index contributed by atoms with van der Waals surface area (Å²) in [6, 6.07) is 0.690. The van der Waals surface area contributed by atoms with Gasteiger partial charge in [-0.2, -0.15) is 0 Å². The third-order valence-electron chi connectivity index (χ3n) is 3.51. The fourth-order valence-electron chi connectivity index (χ4n) is 2.43. The molecule has 139 valence electrons. The number of nitrogens with two attached hydrogens (primary N) is 1. The van der Waals surface area contributed by atoms with E-state index in [-0.39, 0.29) is 19.5 Å².